The molecule has 0 bridgehead atoms. The Balaban J connectivity index is 0.00000121. The number of amides is 1. The van der Waals surface area contributed by atoms with Gasteiger partial charge in [0.05, 0.1) is 12.7 Å². The maximum absolute atomic E-state index is 11.1. The van der Waals surface area contributed by atoms with E-state index in [0.717, 1.165) is 0 Å². The van der Waals surface area contributed by atoms with Crippen LogP contribution in [0.2, 0.25) is 0 Å². The molecule has 1 fully saturated rings. The number of hydrogen-bond donors (Lipinski definition) is 1. The average Bonchev–Trinajstić information content (AvgIpc) is 2.11. The maximum atomic E-state index is 11.1. The molecule has 0 radical (unpaired) electrons. The normalized spacial score (nSPS) is 24.2. The summed E-state index contributed by atoms with van der Waals surface area (Å²) in [7, 11) is 1.85. The third-order valence-electron chi connectivity index (χ3n) is 2.05. The Labute approximate surface area is 79.9 Å². The van der Waals surface area contributed by atoms with E-state index in [2.05, 4.69) is 26.1 Å². The first kappa shape index (κ1) is 11.7. The second-order valence-electron chi connectivity index (χ2n) is 4.15. The van der Waals surface area contributed by atoms with E-state index in [4.69, 9.17) is 0 Å². The highest BCUT2D eigenvalue weighted by atomic mass is 35.5. The molecular formula is C8H17ClN2O. The first-order chi connectivity index (χ1) is 4.93. The highest BCUT2D eigenvalue weighted by Crippen LogP contribution is 2.23. The lowest BCUT2D eigenvalue weighted by molar-refractivity contribution is -0.127. The zero-order chi connectivity index (χ0) is 8.65. The van der Waals surface area contributed by atoms with Crippen LogP contribution >= 0.6 is 12.4 Å². The molecule has 4 heteroatoms. The quantitative estimate of drug-likeness (QED) is 0.617. The Bertz CT molecular complexity index is 176. The summed E-state index contributed by atoms with van der Waals surface area (Å²) in [5, 5.41) is 3.17. The van der Waals surface area contributed by atoms with Crippen LogP contribution in [0.4, 0.5) is 0 Å². The summed E-state index contributed by atoms with van der Waals surface area (Å²) in [5.74, 6) is 0.185. The van der Waals surface area contributed by atoms with E-state index in [0.29, 0.717) is 6.54 Å². The first-order valence-electron chi connectivity index (χ1n) is 3.92. The van der Waals surface area contributed by atoms with Crippen LogP contribution in [0.3, 0.4) is 0 Å². The van der Waals surface area contributed by atoms with Crippen LogP contribution in [0.25, 0.3) is 0 Å². The van der Waals surface area contributed by atoms with Crippen LogP contribution in [-0.2, 0) is 4.79 Å². The Morgan fingerprint density at radius 2 is 2.00 bits per heavy atom. The van der Waals surface area contributed by atoms with Gasteiger partial charge < -0.3 is 4.90 Å². The van der Waals surface area contributed by atoms with Crippen molar-refractivity contribution >= 4 is 18.3 Å². The molecule has 72 valence electrons. The molecule has 1 atom stereocenters. The Morgan fingerprint density at radius 3 is 2.17 bits per heavy atom. The second kappa shape index (κ2) is 3.62. The van der Waals surface area contributed by atoms with Crippen LogP contribution in [0.5, 0.6) is 0 Å². The predicted octanol–water partition coefficient (Wildman–Crippen LogP) is 0.842. The molecule has 0 spiro atoms. The molecule has 12 heavy (non-hydrogen) atoms. The number of rotatable bonds is 0. The largest absolute Gasteiger partial charge is 0.329 e. The van der Waals surface area contributed by atoms with Gasteiger partial charge in [0, 0.05) is 7.05 Å². The molecule has 0 aromatic rings. The van der Waals surface area contributed by atoms with Crippen LogP contribution in [0.1, 0.15) is 20.8 Å². The number of halogens is 1. The van der Waals surface area contributed by atoms with Crippen LogP contribution in [0.15, 0.2) is 0 Å². The lowest BCUT2D eigenvalue weighted by atomic mass is 9.92. The molecular weight excluding hydrogens is 176 g/mol. The molecule has 1 heterocycles. The SMILES string of the molecule is CN1C(=O)CNC1C(C)(C)C.Cl. The van der Waals surface area contributed by atoms with Crippen molar-refractivity contribution in [2.45, 2.75) is 26.9 Å². The summed E-state index contributed by atoms with van der Waals surface area (Å²) < 4.78 is 0. The van der Waals surface area contributed by atoms with E-state index in [9.17, 15) is 4.79 Å². The van der Waals surface area contributed by atoms with E-state index in [1.807, 2.05) is 7.05 Å². The minimum absolute atomic E-state index is 0. The molecule has 1 N–H and O–H groups in total. The number of nitrogens with one attached hydrogen (secondary N) is 1. The van der Waals surface area contributed by atoms with E-state index in [-0.39, 0.29) is 29.9 Å². The summed E-state index contributed by atoms with van der Waals surface area (Å²) >= 11 is 0. The second-order valence-corrected chi connectivity index (χ2v) is 4.15. The zero-order valence-electron chi connectivity index (χ0n) is 8.05. The van der Waals surface area contributed by atoms with Gasteiger partial charge in [-0.2, -0.15) is 0 Å². The first-order valence-corrected chi connectivity index (χ1v) is 3.92. The van der Waals surface area contributed by atoms with E-state index >= 15 is 0 Å². The van der Waals surface area contributed by atoms with Gasteiger partial charge in [0.2, 0.25) is 5.91 Å². The van der Waals surface area contributed by atoms with Crippen molar-refractivity contribution in [2.75, 3.05) is 13.6 Å². The highest BCUT2D eigenvalue weighted by Gasteiger charge is 2.35. The summed E-state index contributed by atoms with van der Waals surface area (Å²) in [4.78, 5) is 12.9. The van der Waals surface area contributed by atoms with Crippen molar-refractivity contribution < 1.29 is 4.79 Å². The number of carbonyl (C=O) groups is 1. The molecule has 1 saturated heterocycles. The molecule has 1 amide bonds. The molecule has 1 unspecified atom stereocenters. The molecule has 1 aliphatic rings. The Hall–Kier alpha value is -0.280. The fourth-order valence-corrected chi connectivity index (χ4v) is 1.48. The molecule has 1 rings (SSSR count). The fourth-order valence-electron chi connectivity index (χ4n) is 1.48. The van der Waals surface area contributed by atoms with Gasteiger partial charge in [-0.1, -0.05) is 20.8 Å². The van der Waals surface area contributed by atoms with Crippen molar-refractivity contribution in [3.8, 4) is 0 Å². The molecule has 0 aliphatic carbocycles. The van der Waals surface area contributed by atoms with Crippen molar-refractivity contribution in [1.82, 2.24) is 10.2 Å². The van der Waals surface area contributed by atoms with Gasteiger partial charge in [0.15, 0.2) is 0 Å². The van der Waals surface area contributed by atoms with Gasteiger partial charge in [-0.15, -0.1) is 12.4 Å². The third-order valence-corrected chi connectivity index (χ3v) is 2.05. The maximum Gasteiger partial charge on any atom is 0.237 e. The monoisotopic (exact) mass is 192 g/mol. The third kappa shape index (κ3) is 2.11. The van der Waals surface area contributed by atoms with E-state index in [1.54, 1.807) is 4.90 Å². The predicted molar refractivity (Wildman–Crippen MR) is 51.3 cm³/mol. The summed E-state index contributed by atoms with van der Waals surface area (Å²) in [6.45, 7) is 6.86. The Kier molecular flexibility index (Phi) is 3.54. The van der Waals surface area contributed by atoms with Gasteiger partial charge in [-0.3, -0.25) is 10.1 Å². The number of hydrogen-bond acceptors (Lipinski definition) is 2. The van der Waals surface area contributed by atoms with Crippen LogP contribution < -0.4 is 5.32 Å². The minimum Gasteiger partial charge on any atom is -0.329 e. The molecule has 0 saturated carbocycles. The summed E-state index contributed by atoms with van der Waals surface area (Å²) in [6.07, 6.45) is 0.190. The van der Waals surface area contributed by atoms with Crippen molar-refractivity contribution in [1.29, 1.82) is 0 Å². The number of carbonyl (C=O) groups excluding carboxylic acids is 1. The molecule has 0 aromatic heterocycles. The minimum atomic E-state index is 0. The average molecular weight is 193 g/mol. The molecule has 1 aliphatic heterocycles. The van der Waals surface area contributed by atoms with Gasteiger partial charge in [-0.25, -0.2) is 0 Å². The van der Waals surface area contributed by atoms with Crippen molar-refractivity contribution in [3.05, 3.63) is 0 Å². The zero-order valence-corrected chi connectivity index (χ0v) is 8.86. The van der Waals surface area contributed by atoms with Gasteiger partial charge in [0.1, 0.15) is 0 Å². The number of likely N-dealkylation sites (N-methyl/N-ethyl adjacent to an activating group) is 1. The summed E-state index contributed by atoms with van der Waals surface area (Å²) in [6, 6.07) is 0. The van der Waals surface area contributed by atoms with E-state index < -0.39 is 0 Å². The standard InChI is InChI=1S/C8H16N2O.ClH/c1-8(2,3)7-9-5-6(11)10(7)4;/h7,9H,5H2,1-4H3;1H. The smallest absolute Gasteiger partial charge is 0.237 e. The van der Waals surface area contributed by atoms with Gasteiger partial charge >= 0.3 is 0 Å². The molecule has 3 nitrogen and oxygen atoms in total. The summed E-state index contributed by atoms with van der Waals surface area (Å²) in [5.41, 5.74) is 0.126. The highest BCUT2D eigenvalue weighted by molar-refractivity contribution is 5.85. The van der Waals surface area contributed by atoms with Crippen molar-refractivity contribution in [3.63, 3.8) is 0 Å². The van der Waals surface area contributed by atoms with Crippen LogP contribution in [-0.4, -0.2) is 30.6 Å². The van der Waals surface area contributed by atoms with Gasteiger partial charge in [0.25, 0.3) is 0 Å². The fraction of sp³-hybridized carbons (Fsp3) is 0.875. The van der Waals surface area contributed by atoms with Gasteiger partial charge in [-0.05, 0) is 5.41 Å². The number of nitrogens with zero attached hydrogens (tertiary/aromatic N) is 1. The van der Waals surface area contributed by atoms with Crippen LogP contribution in [0, 0.1) is 5.41 Å². The topological polar surface area (TPSA) is 32.3 Å². The lowest BCUT2D eigenvalue weighted by Gasteiger charge is -2.32. The van der Waals surface area contributed by atoms with Crippen molar-refractivity contribution in [2.24, 2.45) is 5.41 Å². The Morgan fingerprint density at radius 1 is 1.50 bits per heavy atom. The van der Waals surface area contributed by atoms with E-state index in [1.165, 1.54) is 0 Å². The molecule has 0 aromatic carbocycles. The lowest BCUT2D eigenvalue weighted by Crippen LogP contribution is -2.44.